The normalized spacial score (nSPS) is 15.5. The van der Waals surface area contributed by atoms with E-state index in [2.05, 4.69) is 19.5 Å². The van der Waals surface area contributed by atoms with Crippen molar-refractivity contribution in [3.05, 3.63) is 6.33 Å². The Kier molecular flexibility index (Phi) is 6.08. The smallest absolute Gasteiger partial charge is 0.353 e. The Hall–Kier alpha value is -1.78. The maximum atomic E-state index is 11.6. The first-order chi connectivity index (χ1) is 11.4. The Morgan fingerprint density at radius 2 is 2.17 bits per heavy atom. The van der Waals surface area contributed by atoms with Crippen LogP contribution in [0.4, 0.5) is 11.8 Å². The minimum atomic E-state index is -3.78. The lowest BCUT2D eigenvalue weighted by Crippen LogP contribution is -2.26. The van der Waals surface area contributed by atoms with Gasteiger partial charge in [0.1, 0.15) is 11.9 Å². The van der Waals surface area contributed by atoms with Gasteiger partial charge < -0.3 is 34.9 Å². The number of aromatic nitrogens is 4. The molecule has 0 spiro atoms. The van der Waals surface area contributed by atoms with Crippen LogP contribution in [0.2, 0.25) is 0 Å². The number of nitrogens with zero attached hydrogens (tertiary/aromatic N) is 4. The van der Waals surface area contributed by atoms with E-state index in [1.807, 2.05) is 6.92 Å². The molecular formula is C12H21N6O5P. The predicted octanol–water partition coefficient (Wildman–Crippen LogP) is 0.202. The van der Waals surface area contributed by atoms with Crippen LogP contribution >= 0.6 is 7.60 Å². The van der Waals surface area contributed by atoms with Crippen LogP contribution in [-0.2, 0) is 25.1 Å². The largest absolute Gasteiger partial charge is 0.382 e. The molecule has 0 saturated carbocycles. The molecule has 0 aliphatic carbocycles. The van der Waals surface area contributed by atoms with Crippen LogP contribution in [0.25, 0.3) is 11.2 Å². The Morgan fingerprint density at radius 3 is 2.83 bits per heavy atom. The molecule has 0 amide bonds. The van der Waals surface area contributed by atoms with Crippen molar-refractivity contribution in [3.8, 4) is 0 Å². The van der Waals surface area contributed by atoms with Gasteiger partial charge in [0.05, 0.1) is 25.6 Å². The number of anilines is 2. The van der Waals surface area contributed by atoms with Gasteiger partial charge in [0.2, 0.25) is 5.95 Å². The molecule has 1 unspecified atom stereocenters. The summed E-state index contributed by atoms with van der Waals surface area (Å²) in [4.78, 5) is 21.6. The zero-order valence-corrected chi connectivity index (χ0v) is 14.3. The molecule has 12 heteroatoms. The maximum Gasteiger partial charge on any atom is 0.353 e. The van der Waals surface area contributed by atoms with Gasteiger partial charge in [-0.25, -0.2) is 4.98 Å². The second kappa shape index (κ2) is 7.86. The molecule has 2 heterocycles. The third-order valence-electron chi connectivity index (χ3n) is 3.18. The highest BCUT2D eigenvalue weighted by atomic mass is 31.2. The molecule has 2 aromatic heterocycles. The number of hydrogen-bond donors (Lipinski definition) is 3. The summed E-state index contributed by atoms with van der Waals surface area (Å²) in [7, 11) is -2.64. The highest BCUT2D eigenvalue weighted by Gasteiger charge is 2.22. The lowest BCUT2D eigenvalue weighted by molar-refractivity contribution is -0.00893. The van der Waals surface area contributed by atoms with Gasteiger partial charge in [0, 0.05) is 13.7 Å². The quantitative estimate of drug-likeness (QED) is 0.527. The first kappa shape index (κ1) is 18.6. The van der Waals surface area contributed by atoms with Gasteiger partial charge >= 0.3 is 7.60 Å². The Labute approximate surface area is 138 Å². The monoisotopic (exact) mass is 360 g/mol. The van der Waals surface area contributed by atoms with Gasteiger partial charge in [0.25, 0.3) is 0 Å². The minimum Gasteiger partial charge on any atom is -0.382 e. The van der Waals surface area contributed by atoms with E-state index in [9.17, 15) is 9.46 Å². The van der Waals surface area contributed by atoms with E-state index >= 15 is 0 Å². The fourth-order valence-corrected chi connectivity index (χ4v) is 2.50. The van der Waals surface area contributed by atoms with Crippen molar-refractivity contribution in [2.24, 2.45) is 0 Å². The van der Waals surface area contributed by atoms with Crippen molar-refractivity contribution in [2.75, 3.05) is 38.1 Å². The minimum absolute atomic E-state index is 0.0308. The molecule has 134 valence electrons. The van der Waals surface area contributed by atoms with Crippen molar-refractivity contribution in [3.63, 3.8) is 0 Å². The van der Waals surface area contributed by atoms with E-state index in [0.29, 0.717) is 17.8 Å². The fourth-order valence-electron chi connectivity index (χ4n) is 1.99. The van der Waals surface area contributed by atoms with Crippen LogP contribution < -0.4 is 11.5 Å². The van der Waals surface area contributed by atoms with Crippen LogP contribution in [0.5, 0.6) is 0 Å². The van der Waals surface area contributed by atoms with Gasteiger partial charge in [-0.3, -0.25) is 4.57 Å². The van der Waals surface area contributed by atoms with Crippen molar-refractivity contribution in [1.29, 1.82) is 0 Å². The summed E-state index contributed by atoms with van der Waals surface area (Å²) in [5.41, 5.74) is 12.2. The Balaban J connectivity index is 2.18. The summed E-state index contributed by atoms with van der Waals surface area (Å²) in [6.45, 7) is 2.81. The first-order valence-electron chi connectivity index (χ1n) is 7.17. The third kappa shape index (κ3) is 4.62. The number of nitrogens with two attached hydrogens (primary N) is 2. The molecule has 0 saturated heterocycles. The van der Waals surface area contributed by atoms with Gasteiger partial charge in [-0.1, -0.05) is 0 Å². The molecule has 0 bridgehead atoms. The summed E-state index contributed by atoms with van der Waals surface area (Å²) < 4.78 is 28.5. The molecule has 0 fully saturated rings. The van der Waals surface area contributed by atoms with Gasteiger partial charge in [-0.15, -0.1) is 0 Å². The topological polar surface area (TPSA) is 161 Å². The molecule has 24 heavy (non-hydrogen) atoms. The maximum absolute atomic E-state index is 11.6. The zero-order valence-electron chi connectivity index (χ0n) is 13.5. The molecule has 0 radical (unpaired) electrons. The molecule has 0 aliphatic heterocycles. The zero-order chi connectivity index (χ0) is 17.7. The highest BCUT2D eigenvalue weighted by Crippen LogP contribution is 2.40. The second-order valence-corrected chi connectivity index (χ2v) is 6.83. The van der Waals surface area contributed by atoms with E-state index < -0.39 is 20.0 Å². The number of rotatable bonds is 9. The molecule has 2 aromatic rings. The van der Waals surface area contributed by atoms with Crippen LogP contribution in [-0.4, -0.2) is 57.2 Å². The van der Waals surface area contributed by atoms with E-state index in [1.54, 1.807) is 4.57 Å². The molecule has 11 nitrogen and oxygen atoms in total. The third-order valence-corrected chi connectivity index (χ3v) is 4.22. The van der Waals surface area contributed by atoms with Crippen LogP contribution in [0.1, 0.15) is 6.92 Å². The number of nitrogen functional groups attached to an aromatic ring is 2. The van der Waals surface area contributed by atoms with Gasteiger partial charge in [0.15, 0.2) is 11.5 Å². The summed E-state index contributed by atoms with van der Waals surface area (Å²) in [6, 6.07) is 0. The molecule has 2 rings (SSSR count). The van der Waals surface area contributed by atoms with Crippen molar-refractivity contribution in [2.45, 2.75) is 19.6 Å². The van der Waals surface area contributed by atoms with E-state index in [-0.39, 0.29) is 24.9 Å². The average molecular weight is 360 g/mol. The molecule has 0 aliphatic rings. The van der Waals surface area contributed by atoms with Crippen LogP contribution in [0, 0.1) is 0 Å². The lowest BCUT2D eigenvalue weighted by atomic mass is 10.3. The summed E-state index contributed by atoms with van der Waals surface area (Å²) in [5, 5.41) is 0. The van der Waals surface area contributed by atoms with Crippen molar-refractivity contribution in [1.82, 2.24) is 19.5 Å². The average Bonchev–Trinajstić information content (AvgIpc) is 2.93. The van der Waals surface area contributed by atoms with Crippen LogP contribution in [0.3, 0.4) is 0 Å². The van der Waals surface area contributed by atoms with E-state index in [1.165, 1.54) is 6.33 Å². The second-order valence-electron chi connectivity index (χ2n) is 4.93. The van der Waals surface area contributed by atoms with E-state index in [0.717, 1.165) is 7.11 Å². The lowest BCUT2D eigenvalue weighted by Gasteiger charge is -2.19. The molecular weight excluding hydrogens is 339 g/mol. The molecule has 0 aromatic carbocycles. The highest BCUT2D eigenvalue weighted by molar-refractivity contribution is 7.52. The van der Waals surface area contributed by atoms with Gasteiger partial charge in [-0.05, 0) is 6.92 Å². The first-order valence-corrected chi connectivity index (χ1v) is 8.93. The van der Waals surface area contributed by atoms with Crippen LogP contribution in [0.15, 0.2) is 6.33 Å². The fraction of sp³-hybridized carbons (Fsp3) is 0.583. The van der Waals surface area contributed by atoms with Crippen molar-refractivity contribution >= 4 is 30.5 Å². The Morgan fingerprint density at radius 1 is 1.42 bits per heavy atom. The Bertz CT molecular complexity index is 738. The number of fused-ring (bicyclic) bond motifs is 1. The van der Waals surface area contributed by atoms with E-state index in [4.69, 9.17) is 20.9 Å². The number of ether oxygens (including phenoxy) is 2. The summed E-state index contributed by atoms with van der Waals surface area (Å²) in [6.07, 6.45) is 0.551. The standard InChI is InChI=1S/C12H21N6O5P/c1-3-22-5-8(23-7-24(19,20)21-2)4-18-6-15-9-10(13)16-12(14)17-11(9)18/h6,8H,3-5,7H2,1-2H3,(H,19,20)(H4,13,14,16,17)/t8-/m1/s1. The summed E-state index contributed by atoms with van der Waals surface area (Å²) in [5.74, 6) is 0.209. The SMILES string of the molecule is CCOC[C@@H](Cn1cnc2c(N)nc(N)nc21)OCP(=O)(O)OC. The molecule has 2 atom stereocenters. The number of hydrogen-bond acceptors (Lipinski definition) is 9. The van der Waals surface area contributed by atoms with Gasteiger partial charge in [-0.2, -0.15) is 9.97 Å². The molecule has 5 N–H and O–H groups in total. The predicted molar refractivity (Wildman–Crippen MR) is 87.2 cm³/mol. The van der Waals surface area contributed by atoms with Crippen molar-refractivity contribution < 1.29 is 23.5 Å². The summed E-state index contributed by atoms with van der Waals surface area (Å²) >= 11 is 0. The number of imidazole rings is 1.